The maximum atomic E-state index is 11.5. The highest BCUT2D eigenvalue weighted by Crippen LogP contribution is 2.30. The summed E-state index contributed by atoms with van der Waals surface area (Å²) in [7, 11) is -3.29. The zero-order valence-electron chi connectivity index (χ0n) is 10.7. The molecule has 5 nitrogen and oxygen atoms in total. The van der Waals surface area contributed by atoms with Crippen molar-refractivity contribution in [2.75, 3.05) is 6.26 Å². The highest BCUT2D eigenvalue weighted by atomic mass is 35.5. The van der Waals surface area contributed by atoms with E-state index < -0.39 is 9.84 Å². The Morgan fingerprint density at radius 2 is 2.10 bits per heavy atom. The summed E-state index contributed by atoms with van der Waals surface area (Å²) in [5, 5.41) is 0.319. The number of hydrogen-bond acceptors (Lipinski definition) is 5. The molecule has 0 radical (unpaired) electrons. The number of benzene rings is 1. The molecule has 0 fully saturated rings. The molecule has 1 aromatic carbocycles. The van der Waals surface area contributed by atoms with Crippen LogP contribution in [-0.4, -0.2) is 19.7 Å². The molecule has 0 amide bonds. The van der Waals surface area contributed by atoms with Gasteiger partial charge >= 0.3 is 0 Å². The number of sulfone groups is 1. The summed E-state index contributed by atoms with van der Waals surface area (Å²) >= 11 is 6.10. The zero-order chi connectivity index (χ0) is 14.8. The van der Waals surface area contributed by atoms with Crippen LogP contribution >= 0.6 is 11.6 Å². The standard InChI is InChI=1S/C13H13ClN2O3S/c1-20(17,18)11-4-2-3-10(7-11)19-13-12(14)9(8-15)5-6-16-13/h2-7H,8,15H2,1H3. The average Bonchev–Trinajstić information content (AvgIpc) is 2.40. The molecule has 0 aliphatic heterocycles. The largest absolute Gasteiger partial charge is 0.437 e. The molecule has 0 atom stereocenters. The van der Waals surface area contributed by atoms with E-state index in [0.717, 1.165) is 6.26 Å². The molecular weight excluding hydrogens is 300 g/mol. The Morgan fingerprint density at radius 1 is 1.35 bits per heavy atom. The SMILES string of the molecule is CS(=O)(=O)c1cccc(Oc2nccc(CN)c2Cl)c1. The number of ether oxygens (including phenoxy) is 1. The van der Waals surface area contributed by atoms with E-state index in [2.05, 4.69) is 4.98 Å². The van der Waals surface area contributed by atoms with Gasteiger partial charge in [0.1, 0.15) is 10.8 Å². The lowest BCUT2D eigenvalue weighted by atomic mass is 10.2. The first-order valence-corrected chi connectivity index (χ1v) is 8.00. The van der Waals surface area contributed by atoms with Gasteiger partial charge < -0.3 is 10.5 Å². The van der Waals surface area contributed by atoms with E-state index in [0.29, 0.717) is 16.3 Å². The molecule has 1 aromatic heterocycles. The van der Waals surface area contributed by atoms with Crippen molar-refractivity contribution >= 4 is 21.4 Å². The molecule has 0 aliphatic rings. The quantitative estimate of drug-likeness (QED) is 0.937. The fourth-order valence-corrected chi connectivity index (χ4v) is 2.45. The van der Waals surface area contributed by atoms with E-state index in [-0.39, 0.29) is 17.3 Å². The fourth-order valence-electron chi connectivity index (χ4n) is 1.57. The van der Waals surface area contributed by atoms with Gasteiger partial charge in [-0.05, 0) is 29.8 Å². The van der Waals surface area contributed by atoms with E-state index in [1.165, 1.54) is 18.3 Å². The van der Waals surface area contributed by atoms with Crippen LogP contribution in [0.1, 0.15) is 5.56 Å². The molecular formula is C13H13ClN2O3S. The zero-order valence-corrected chi connectivity index (χ0v) is 12.3. The molecule has 0 unspecified atom stereocenters. The molecule has 1 heterocycles. The van der Waals surface area contributed by atoms with Crippen molar-refractivity contribution in [3.05, 3.63) is 47.1 Å². The molecule has 2 N–H and O–H groups in total. The molecule has 20 heavy (non-hydrogen) atoms. The molecule has 0 bridgehead atoms. The van der Waals surface area contributed by atoms with Gasteiger partial charge in [-0.15, -0.1) is 0 Å². The lowest BCUT2D eigenvalue weighted by Gasteiger charge is -2.09. The van der Waals surface area contributed by atoms with Gasteiger partial charge in [0.25, 0.3) is 0 Å². The van der Waals surface area contributed by atoms with Gasteiger partial charge in [-0.2, -0.15) is 0 Å². The third-order valence-electron chi connectivity index (χ3n) is 2.61. The van der Waals surface area contributed by atoms with Crippen molar-refractivity contribution < 1.29 is 13.2 Å². The van der Waals surface area contributed by atoms with E-state index in [4.69, 9.17) is 22.1 Å². The molecule has 0 aliphatic carbocycles. The normalized spacial score (nSPS) is 11.3. The summed E-state index contributed by atoms with van der Waals surface area (Å²) in [5.74, 6) is 0.539. The van der Waals surface area contributed by atoms with Crippen molar-refractivity contribution in [3.63, 3.8) is 0 Å². The fraction of sp³-hybridized carbons (Fsp3) is 0.154. The van der Waals surface area contributed by atoms with Crippen LogP contribution in [-0.2, 0) is 16.4 Å². The highest BCUT2D eigenvalue weighted by Gasteiger charge is 2.11. The van der Waals surface area contributed by atoms with Gasteiger partial charge in [-0.1, -0.05) is 17.7 Å². The monoisotopic (exact) mass is 312 g/mol. The lowest BCUT2D eigenvalue weighted by molar-refractivity contribution is 0.461. The van der Waals surface area contributed by atoms with E-state index in [1.54, 1.807) is 18.2 Å². The minimum absolute atomic E-state index is 0.168. The Kier molecular flexibility index (Phi) is 4.27. The Bertz CT molecular complexity index is 732. The van der Waals surface area contributed by atoms with Crippen LogP contribution < -0.4 is 10.5 Å². The van der Waals surface area contributed by atoms with Crippen molar-refractivity contribution in [2.24, 2.45) is 5.73 Å². The van der Waals surface area contributed by atoms with Gasteiger partial charge in [0.2, 0.25) is 5.88 Å². The Morgan fingerprint density at radius 3 is 2.75 bits per heavy atom. The minimum atomic E-state index is -3.29. The van der Waals surface area contributed by atoms with Crippen molar-refractivity contribution in [2.45, 2.75) is 11.4 Å². The summed E-state index contributed by atoms with van der Waals surface area (Å²) in [6.07, 6.45) is 2.66. The number of hydrogen-bond donors (Lipinski definition) is 1. The van der Waals surface area contributed by atoms with Gasteiger partial charge in [0, 0.05) is 19.0 Å². The van der Waals surface area contributed by atoms with E-state index in [1.807, 2.05) is 0 Å². The minimum Gasteiger partial charge on any atom is -0.437 e. The summed E-state index contributed by atoms with van der Waals surface area (Å²) in [5.41, 5.74) is 6.25. The van der Waals surface area contributed by atoms with Crippen LogP contribution in [0, 0.1) is 0 Å². The number of nitrogens with two attached hydrogens (primary N) is 1. The molecule has 2 rings (SSSR count). The molecule has 2 aromatic rings. The Hall–Kier alpha value is -1.63. The summed E-state index contributed by atoms with van der Waals surface area (Å²) in [6.45, 7) is 0.265. The summed E-state index contributed by atoms with van der Waals surface area (Å²) in [4.78, 5) is 4.18. The smallest absolute Gasteiger partial charge is 0.238 e. The molecule has 7 heteroatoms. The predicted octanol–water partition coefficient (Wildman–Crippen LogP) is 2.39. The average molecular weight is 313 g/mol. The topological polar surface area (TPSA) is 82.3 Å². The highest BCUT2D eigenvalue weighted by molar-refractivity contribution is 7.90. The number of aromatic nitrogens is 1. The summed E-state index contributed by atoms with van der Waals surface area (Å²) < 4.78 is 28.5. The van der Waals surface area contributed by atoms with Crippen molar-refractivity contribution in [1.82, 2.24) is 4.98 Å². The van der Waals surface area contributed by atoms with E-state index >= 15 is 0 Å². The van der Waals surface area contributed by atoms with Crippen molar-refractivity contribution in [3.8, 4) is 11.6 Å². The van der Waals surface area contributed by atoms with Crippen molar-refractivity contribution in [1.29, 1.82) is 0 Å². The van der Waals surface area contributed by atoms with Crippen LogP contribution in [0.25, 0.3) is 0 Å². The number of pyridine rings is 1. The molecule has 0 spiro atoms. The number of halogens is 1. The second-order valence-corrected chi connectivity index (χ2v) is 6.54. The van der Waals surface area contributed by atoms with Crippen LogP contribution in [0.5, 0.6) is 11.6 Å². The van der Waals surface area contributed by atoms with Crippen LogP contribution in [0.2, 0.25) is 5.02 Å². The van der Waals surface area contributed by atoms with Gasteiger partial charge in [-0.25, -0.2) is 13.4 Å². The molecule has 106 valence electrons. The van der Waals surface area contributed by atoms with Crippen LogP contribution in [0.15, 0.2) is 41.4 Å². The lowest BCUT2D eigenvalue weighted by Crippen LogP contribution is -2.00. The third kappa shape index (κ3) is 3.27. The third-order valence-corrected chi connectivity index (χ3v) is 4.12. The predicted molar refractivity (Wildman–Crippen MR) is 76.8 cm³/mol. The van der Waals surface area contributed by atoms with Gasteiger partial charge in [-0.3, -0.25) is 0 Å². The molecule has 0 saturated heterocycles. The van der Waals surface area contributed by atoms with Gasteiger partial charge in [0.15, 0.2) is 9.84 Å². The Balaban J connectivity index is 2.36. The van der Waals surface area contributed by atoms with Gasteiger partial charge in [0.05, 0.1) is 4.90 Å². The second kappa shape index (κ2) is 5.78. The first-order chi connectivity index (χ1) is 9.41. The van der Waals surface area contributed by atoms with E-state index in [9.17, 15) is 8.42 Å². The maximum Gasteiger partial charge on any atom is 0.238 e. The Labute approximate surface area is 122 Å². The van der Waals surface area contributed by atoms with Crippen LogP contribution in [0.3, 0.4) is 0 Å². The maximum absolute atomic E-state index is 11.5. The first-order valence-electron chi connectivity index (χ1n) is 5.73. The number of nitrogens with zero attached hydrogens (tertiary/aromatic N) is 1. The van der Waals surface area contributed by atoms with Crippen LogP contribution in [0.4, 0.5) is 0 Å². The summed E-state index contributed by atoms with van der Waals surface area (Å²) in [6, 6.07) is 7.83. The number of rotatable bonds is 4. The first kappa shape index (κ1) is 14.8. The molecule has 0 saturated carbocycles. The second-order valence-electron chi connectivity index (χ2n) is 4.14.